The molecule has 3 unspecified atom stereocenters. The summed E-state index contributed by atoms with van der Waals surface area (Å²) in [5.41, 5.74) is 8.90. The minimum Gasteiger partial charge on any atom is -0.496 e. The highest BCUT2D eigenvalue weighted by Crippen LogP contribution is 2.44. The van der Waals surface area contributed by atoms with Gasteiger partial charge < -0.3 is 21.1 Å². The first-order valence-electron chi connectivity index (χ1n) is 8.70. The summed E-state index contributed by atoms with van der Waals surface area (Å²) in [7, 11) is 1.49. The molecule has 0 saturated heterocycles. The van der Waals surface area contributed by atoms with Gasteiger partial charge in [-0.25, -0.2) is 0 Å². The Labute approximate surface area is 157 Å². The fraction of sp³-hybridized carbons (Fsp3) is 0.350. The second kappa shape index (κ2) is 6.80. The highest BCUT2D eigenvalue weighted by atomic mass is 16.5. The van der Waals surface area contributed by atoms with Gasteiger partial charge in [-0.1, -0.05) is 13.0 Å². The molecule has 0 aromatic heterocycles. The number of dihydropyridines is 1. The van der Waals surface area contributed by atoms with Crippen molar-refractivity contribution in [1.82, 2.24) is 10.6 Å². The van der Waals surface area contributed by atoms with E-state index in [1.165, 1.54) is 7.11 Å². The topological polar surface area (TPSA) is 117 Å². The van der Waals surface area contributed by atoms with Crippen LogP contribution >= 0.6 is 0 Å². The number of hydrogen-bond acceptors (Lipinski definition) is 5. The molecule has 0 spiro atoms. The van der Waals surface area contributed by atoms with Crippen LogP contribution in [0.3, 0.4) is 0 Å². The van der Waals surface area contributed by atoms with Crippen LogP contribution in [0.1, 0.15) is 37.8 Å². The molecule has 0 aliphatic carbocycles. The minimum atomic E-state index is -0.670. The summed E-state index contributed by atoms with van der Waals surface area (Å²) in [6.07, 6.45) is 0. The number of rotatable bonds is 3. The average molecular weight is 366 g/mol. The molecule has 7 nitrogen and oxygen atoms in total. The molecule has 0 saturated carbocycles. The number of nitrogens with two attached hydrogens (primary N) is 1. The molecule has 7 heteroatoms. The van der Waals surface area contributed by atoms with Gasteiger partial charge in [-0.15, -0.1) is 0 Å². The predicted octanol–water partition coefficient (Wildman–Crippen LogP) is 1.42. The number of amides is 2. The van der Waals surface area contributed by atoms with E-state index in [9.17, 15) is 9.59 Å². The quantitative estimate of drug-likeness (QED) is 0.748. The van der Waals surface area contributed by atoms with Gasteiger partial charge in [0.05, 0.1) is 24.7 Å². The summed E-state index contributed by atoms with van der Waals surface area (Å²) in [4.78, 5) is 25.2. The van der Waals surface area contributed by atoms with Crippen LogP contribution in [-0.2, 0) is 9.59 Å². The first-order chi connectivity index (χ1) is 12.8. The Bertz CT molecular complexity index is 939. The lowest BCUT2D eigenvalue weighted by Gasteiger charge is -2.39. The van der Waals surface area contributed by atoms with Crippen LogP contribution < -0.4 is 21.1 Å². The maximum atomic E-state index is 12.9. The second-order valence-electron chi connectivity index (χ2n) is 6.91. The van der Waals surface area contributed by atoms with Crippen LogP contribution in [0.4, 0.5) is 0 Å². The first-order valence-corrected chi connectivity index (χ1v) is 8.70. The molecule has 27 heavy (non-hydrogen) atoms. The average Bonchev–Trinajstić information content (AvgIpc) is 2.64. The van der Waals surface area contributed by atoms with Crippen LogP contribution in [0.5, 0.6) is 5.75 Å². The third-order valence-electron chi connectivity index (χ3n) is 5.34. The van der Waals surface area contributed by atoms with Gasteiger partial charge in [0.1, 0.15) is 5.75 Å². The number of methoxy groups -OCH3 is 1. The van der Waals surface area contributed by atoms with E-state index in [1.807, 2.05) is 13.8 Å². The monoisotopic (exact) mass is 366 g/mol. The number of nitrogens with one attached hydrogen (secondary N) is 2. The number of hydrogen-bond donors (Lipinski definition) is 3. The lowest BCUT2D eigenvalue weighted by Crippen LogP contribution is -2.50. The van der Waals surface area contributed by atoms with Crippen molar-refractivity contribution in [2.45, 2.75) is 32.7 Å². The second-order valence-corrected chi connectivity index (χ2v) is 6.91. The highest BCUT2D eigenvalue weighted by Gasteiger charge is 2.42. The van der Waals surface area contributed by atoms with Gasteiger partial charge in [-0.05, 0) is 26.0 Å². The van der Waals surface area contributed by atoms with Gasteiger partial charge in [0.2, 0.25) is 11.8 Å². The van der Waals surface area contributed by atoms with Crippen molar-refractivity contribution in [2.75, 3.05) is 7.11 Å². The summed E-state index contributed by atoms with van der Waals surface area (Å²) in [6.45, 7) is 5.73. The largest absolute Gasteiger partial charge is 0.496 e. The van der Waals surface area contributed by atoms with Crippen molar-refractivity contribution in [3.8, 4) is 11.8 Å². The van der Waals surface area contributed by atoms with Crippen molar-refractivity contribution in [1.29, 1.82) is 5.26 Å². The smallest absolute Gasteiger partial charge is 0.250 e. The van der Waals surface area contributed by atoms with E-state index in [0.29, 0.717) is 33.7 Å². The maximum Gasteiger partial charge on any atom is 0.250 e. The number of ether oxygens (including phenoxy) is 1. The minimum absolute atomic E-state index is 0.0361. The number of nitrogens with zero attached hydrogens (tertiary/aromatic N) is 1. The number of carbonyl (C=O) groups is 2. The Balaban J connectivity index is 2.29. The lowest BCUT2D eigenvalue weighted by atomic mass is 9.75. The van der Waals surface area contributed by atoms with E-state index in [2.05, 4.69) is 16.7 Å². The summed E-state index contributed by atoms with van der Waals surface area (Å²) in [5, 5.41) is 15.3. The van der Waals surface area contributed by atoms with E-state index in [0.717, 1.165) is 5.70 Å². The van der Waals surface area contributed by atoms with Crippen LogP contribution in [0.25, 0.3) is 0 Å². The van der Waals surface area contributed by atoms with Crippen LogP contribution in [-0.4, -0.2) is 25.0 Å². The van der Waals surface area contributed by atoms with E-state index >= 15 is 0 Å². The Kier molecular flexibility index (Phi) is 4.66. The molecule has 2 heterocycles. The fourth-order valence-corrected chi connectivity index (χ4v) is 3.78. The van der Waals surface area contributed by atoms with Gasteiger partial charge in [0.25, 0.3) is 0 Å². The van der Waals surface area contributed by atoms with Crippen LogP contribution in [0.2, 0.25) is 0 Å². The highest BCUT2D eigenvalue weighted by molar-refractivity contribution is 6.04. The summed E-state index contributed by atoms with van der Waals surface area (Å²) < 4.78 is 5.47. The van der Waals surface area contributed by atoms with Gasteiger partial charge in [-0.2, -0.15) is 5.26 Å². The summed E-state index contributed by atoms with van der Waals surface area (Å²) >= 11 is 0. The molecule has 0 bridgehead atoms. The third-order valence-corrected chi connectivity index (χ3v) is 5.34. The molecule has 3 rings (SSSR count). The van der Waals surface area contributed by atoms with Crippen molar-refractivity contribution < 1.29 is 14.3 Å². The fourth-order valence-electron chi connectivity index (χ4n) is 3.78. The van der Waals surface area contributed by atoms with Gasteiger partial charge >= 0.3 is 0 Å². The zero-order chi connectivity index (χ0) is 19.9. The number of carbonyl (C=O) groups excluding carboxylic acids is 2. The van der Waals surface area contributed by atoms with E-state index in [4.69, 9.17) is 15.7 Å². The number of benzene rings is 1. The Hall–Kier alpha value is -3.27. The van der Waals surface area contributed by atoms with Crippen molar-refractivity contribution >= 4 is 11.8 Å². The van der Waals surface area contributed by atoms with E-state index < -0.39 is 11.8 Å². The van der Waals surface area contributed by atoms with Crippen LogP contribution in [0.15, 0.2) is 40.7 Å². The standard InChI is InChI=1S/C20H22N4O3/c1-9-10(2)24-20(26)17-16(15(19(22)25)11(3)23-18(9)17)13-6-5-12(8-21)7-14(13)27-4/h5-7,9-10,16,23H,1-4H3,(H2,22,25)(H,24,26). The molecule has 2 amide bonds. The van der Waals surface area contributed by atoms with E-state index in [1.54, 1.807) is 25.1 Å². The van der Waals surface area contributed by atoms with Crippen molar-refractivity contribution in [3.63, 3.8) is 0 Å². The van der Waals surface area contributed by atoms with Crippen molar-refractivity contribution in [3.05, 3.63) is 51.9 Å². The molecule has 0 fully saturated rings. The van der Waals surface area contributed by atoms with E-state index in [-0.39, 0.29) is 17.9 Å². The van der Waals surface area contributed by atoms with Crippen LogP contribution in [0, 0.1) is 17.2 Å². The zero-order valence-corrected chi connectivity index (χ0v) is 15.7. The molecule has 4 N–H and O–H groups in total. The van der Waals surface area contributed by atoms with Gasteiger partial charge in [-0.3, -0.25) is 9.59 Å². The molecule has 0 radical (unpaired) electrons. The Morgan fingerprint density at radius 1 is 1.33 bits per heavy atom. The Morgan fingerprint density at radius 2 is 2.04 bits per heavy atom. The zero-order valence-electron chi connectivity index (χ0n) is 15.7. The lowest BCUT2D eigenvalue weighted by molar-refractivity contribution is -0.119. The summed E-state index contributed by atoms with van der Waals surface area (Å²) in [6, 6.07) is 6.97. The molecule has 2 aliphatic rings. The number of nitriles is 1. The molecular formula is C20H22N4O3. The number of primary amides is 1. The SMILES string of the molecule is COc1cc(C#N)ccc1C1C(C(N)=O)=C(C)NC2=C1C(=O)NC(C)C2C. The maximum absolute atomic E-state index is 12.9. The molecule has 140 valence electrons. The summed E-state index contributed by atoms with van der Waals surface area (Å²) in [5.74, 6) is -1.06. The van der Waals surface area contributed by atoms with Crippen molar-refractivity contribution in [2.24, 2.45) is 11.7 Å². The Morgan fingerprint density at radius 3 is 2.63 bits per heavy atom. The molecule has 1 aromatic rings. The van der Waals surface area contributed by atoms with Gasteiger partial charge in [0.15, 0.2) is 0 Å². The third kappa shape index (κ3) is 2.93. The molecule has 1 aromatic carbocycles. The number of allylic oxidation sites excluding steroid dienone is 1. The molecule has 3 atom stereocenters. The molecular weight excluding hydrogens is 344 g/mol. The first kappa shape index (κ1) is 18.5. The molecule has 2 aliphatic heterocycles. The van der Waals surface area contributed by atoms with Gasteiger partial charge in [0, 0.05) is 40.1 Å². The normalized spacial score (nSPS) is 24.6. The predicted molar refractivity (Wildman–Crippen MR) is 99.3 cm³/mol.